The lowest BCUT2D eigenvalue weighted by Crippen LogP contribution is -2.38. The topological polar surface area (TPSA) is 65.5 Å². The molecule has 0 aromatic heterocycles. The number of halogens is 1. The molecule has 6 heteroatoms. The van der Waals surface area contributed by atoms with E-state index >= 15 is 0 Å². The van der Waals surface area contributed by atoms with Crippen LogP contribution < -0.4 is 16.0 Å². The highest BCUT2D eigenvalue weighted by molar-refractivity contribution is 14.0. The first-order valence-corrected chi connectivity index (χ1v) is 9.53. The predicted octanol–water partition coefficient (Wildman–Crippen LogP) is 4.26. The van der Waals surface area contributed by atoms with Gasteiger partial charge >= 0.3 is 0 Å². The number of carbonyl (C=O) groups is 1. The van der Waals surface area contributed by atoms with Crippen LogP contribution in [-0.4, -0.2) is 25.5 Å². The first-order chi connectivity index (χ1) is 13.1. The molecule has 2 aromatic carbocycles. The fraction of sp³-hybridized carbons (Fsp3) is 0.364. The minimum Gasteiger partial charge on any atom is -0.352 e. The summed E-state index contributed by atoms with van der Waals surface area (Å²) in [6.07, 6.45) is 2.07. The van der Waals surface area contributed by atoms with Crippen molar-refractivity contribution in [3.05, 3.63) is 71.3 Å². The zero-order valence-corrected chi connectivity index (χ0v) is 19.2. The molecule has 1 amide bonds. The van der Waals surface area contributed by atoms with Crippen molar-refractivity contribution in [2.45, 2.75) is 39.3 Å². The van der Waals surface area contributed by atoms with Crippen LogP contribution in [0.5, 0.6) is 0 Å². The second kappa shape index (κ2) is 13.1. The number of carbonyl (C=O) groups excluding carboxylic acids is 1. The van der Waals surface area contributed by atoms with Crippen molar-refractivity contribution >= 4 is 35.8 Å². The van der Waals surface area contributed by atoms with Gasteiger partial charge in [0.05, 0.1) is 6.04 Å². The molecule has 0 bridgehead atoms. The number of hydrogen-bond acceptors (Lipinski definition) is 2. The summed E-state index contributed by atoms with van der Waals surface area (Å²) in [6.45, 7) is 5.57. The lowest BCUT2D eigenvalue weighted by Gasteiger charge is -2.18. The predicted molar refractivity (Wildman–Crippen MR) is 127 cm³/mol. The molecule has 0 fully saturated rings. The molecule has 0 spiro atoms. The van der Waals surface area contributed by atoms with Gasteiger partial charge in [-0.05, 0) is 36.6 Å². The minimum absolute atomic E-state index is 0. The van der Waals surface area contributed by atoms with Gasteiger partial charge in [0.2, 0.25) is 0 Å². The van der Waals surface area contributed by atoms with E-state index in [9.17, 15) is 4.79 Å². The van der Waals surface area contributed by atoms with E-state index in [1.165, 1.54) is 5.56 Å². The number of benzene rings is 2. The van der Waals surface area contributed by atoms with Crippen LogP contribution in [0.1, 0.15) is 54.2 Å². The van der Waals surface area contributed by atoms with Crippen molar-refractivity contribution in [1.82, 2.24) is 16.0 Å². The zero-order chi connectivity index (χ0) is 19.5. The molecule has 0 saturated carbocycles. The SMILES string of the molecule is CCCCNC(=O)c1ccc(CNC(=NC)NC(C)c2ccccc2)cc1.I. The van der Waals surface area contributed by atoms with Crippen molar-refractivity contribution in [1.29, 1.82) is 0 Å². The van der Waals surface area contributed by atoms with Crippen LogP contribution in [0.15, 0.2) is 59.6 Å². The van der Waals surface area contributed by atoms with E-state index in [-0.39, 0.29) is 35.9 Å². The third-order valence-corrected chi connectivity index (χ3v) is 4.37. The molecule has 5 nitrogen and oxygen atoms in total. The van der Waals surface area contributed by atoms with Gasteiger partial charge in [-0.25, -0.2) is 0 Å². The van der Waals surface area contributed by atoms with Gasteiger partial charge in [0.1, 0.15) is 0 Å². The summed E-state index contributed by atoms with van der Waals surface area (Å²) in [5.74, 6) is 0.727. The largest absolute Gasteiger partial charge is 0.352 e. The summed E-state index contributed by atoms with van der Waals surface area (Å²) in [5, 5.41) is 9.63. The fourth-order valence-electron chi connectivity index (χ4n) is 2.67. The van der Waals surface area contributed by atoms with E-state index in [1.807, 2.05) is 42.5 Å². The Hall–Kier alpha value is -2.09. The van der Waals surface area contributed by atoms with E-state index < -0.39 is 0 Å². The summed E-state index contributed by atoms with van der Waals surface area (Å²) in [4.78, 5) is 16.3. The Labute approximate surface area is 185 Å². The summed E-state index contributed by atoms with van der Waals surface area (Å²) >= 11 is 0. The van der Waals surface area contributed by atoms with E-state index in [0.29, 0.717) is 12.1 Å². The first-order valence-electron chi connectivity index (χ1n) is 9.53. The van der Waals surface area contributed by atoms with Crippen LogP contribution in [0.2, 0.25) is 0 Å². The normalized spacial score (nSPS) is 11.9. The molecular formula is C22H31IN4O. The highest BCUT2D eigenvalue weighted by Crippen LogP contribution is 2.11. The Kier molecular flexibility index (Phi) is 11.2. The van der Waals surface area contributed by atoms with Gasteiger partial charge in [-0.1, -0.05) is 55.8 Å². The number of amides is 1. The Bertz CT molecular complexity index is 732. The van der Waals surface area contributed by atoms with Crippen molar-refractivity contribution < 1.29 is 4.79 Å². The number of nitrogens with zero attached hydrogens (tertiary/aromatic N) is 1. The number of aliphatic imine (C=N–C) groups is 1. The fourth-order valence-corrected chi connectivity index (χ4v) is 2.67. The highest BCUT2D eigenvalue weighted by atomic mass is 127. The lowest BCUT2D eigenvalue weighted by atomic mass is 10.1. The van der Waals surface area contributed by atoms with Crippen molar-refractivity contribution in [2.75, 3.05) is 13.6 Å². The first kappa shape index (κ1) is 23.9. The molecule has 2 aromatic rings. The lowest BCUT2D eigenvalue weighted by molar-refractivity contribution is 0.0953. The molecule has 0 saturated heterocycles. The average molecular weight is 494 g/mol. The summed E-state index contributed by atoms with van der Waals surface area (Å²) in [7, 11) is 1.76. The summed E-state index contributed by atoms with van der Waals surface area (Å²) < 4.78 is 0. The molecule has 0 aliphatic heterocycles. The smallest absolute Gasteiger partial charge is 0.251 e. The number of nitrogens with one attached hydrogen (secondary N) is 3. The summed E-state index contributed by atoms with van der Waals surface area (Å²) in [6, 6.07) is 18.1. The van der Waals surface area contributed by atoms with E-state index in [2.05, 4.69) is 46.9 Å². The molecule has 152 valence electrons. The molecule has 0 heterocycles. The third kappa shape index (κ3) is 7.88. The Morgan fingerprint density at radius 3 is 2.32 bits per heavy atom. The van der Waals surface area contributed by atoms with Gasteiger partial charge in [0.25, 0.3) is 5.91 Å². The van der Waals surface area contributed by atoms with Gasteiger partial charge in [-0.3, -0.25) is 9.79 Å². The molecule has 3 N–H and O–H groups in total. The maximum atomic E-state index is 12.0. The highest BCUT2D eigenvalue weighted by Gasteiger charge is 2.08. The number of unbranched alkanes of at least 4 members (excludes halogenated alkanes) is 1. The zero-order valence-electron chi connectivity index (χ0n) is 16.9. The molecule has 0 aliphatic carbocycles. The Morgan fingerprint density at radius 2 is 1.71 bits per heavy atom. The third-order valence-electron chi connectivity index (χ3n) is 4.37. The molecular weight excluding hydrogens is 463 g/mol. The Morgan fingerprint density at radius 1 is 1.04 bits per heavy atom. The second-order valence-electron chi connectivity index (χ2n) is 6.51. The second-order valence-corrected chi connectivity index (χ2v) is 6.51. The average Bonchev–Trinajstić information content (AvgIpc) is 2.72. The van der Waals surface area contributed by atoms with Crippen molar-refractivity contribution in [2.24, 2.45) is 4.99 Å². The van der Waals surface area contributed by atoms with E-state index in [1.54, 1.807) is 7.05 Å². The van der Waals surface area contributed by atoms with Crippen molar-refractivity contribution in [3.63, 3.8) is 0 Å². The Balaban J connectivity index is 0.00000392. The van der Waals surface area contributed by atoms with Crippen LogP contribution in [-0.2, 0) is 6.54 Å². The van der Waals surface area contributed by atoms with Crippen LogP contribution >= 0.6 is 24.0 Å². The van der Waals surface area contributed by atoms with Gasteiger partial charge in [0, 0.05) is 25.7 Å². The van der Waals surface area contributed by atoms with E-state index in [0.717, 1.165) is 30.9 Å². The number of rotatable bonds is 8. The standard InChI is InChI=1S/C22H30N4O.HI/c1-4-5-15-24-21(27)20-13-11-18(12-14-20)16-25-22(23-3)26-17(2)19-9-7-6-8-10-19;/h6-14,17H,4-5,15-16H2,1-3H3,(H,24,27)(H2,23,25,26);1H. The number of hydrogen-bond donors (Lipinski definition) is 3. The minimum atomic E-state index is -0.0166. The van der Waals surface area contributed by atoms with Gasteiger partial charge in [0.15, 0.2) is 5.96 Å². The quantitative estimate of drug-likeness (QED) is 0.223. The maximum Gasteiger partial charge on any atom is 0.251 e. The maximum absolute atomic E-state index is 12.0. The molecule has 0 aliphatic rings. The molecule has 28 heavy (non-hydrogen) atoms. The molecule has 2 rings (SSSR count). The van der Waals surface area contributed by atoms with Crippen LogP contribution in [0, 0.1) is 0 Å². The molecule has 1 atom stereocenters. The number of guanidine groups is 1. The van der Waals surface area contributed by atoms with E-state index in [4.69, 9.17) is 0 Å². The van der Waals surface area contributed by atoms with Crippen LogP contribution in [0.3, 0.4) is 0 Å². The van der Waals surface area contributed by atoms with Crippen molar-refractivity contribution in [3.8, 4) is 0 Å². The van der Waals surface area contributed by atoms with Crippen LogP contribution in [0.4, 0.5) is 0 Å². The van der Waals surface area contributed by atoms with Crippen LogP contribution in [0.25, 0.3) is 0 Å². The van der Waals surface area contributed by atoms with Gasteiger partial charge in [-0.2, -0.15) is 0 Å². The van der Waals surface area contributed by atoms with Gasteiger partial charge in [-0.15, -0.1) is 24.0 Å². The monoisotopic (exact) mass is 494 g/mol. The molecule has 0 radical (unpaired) electrons. The summed E-state index contributed by atoms with van der Waals surface area (Å²) in [5.41, 5.74) is 2.99. The molecule has 1 unspecified atom stereocenters. The van der Waals surface area contributed by atoms with Gasteiger partial charge < -0.3 is 16.0 Å².